The van der Waals surface area contributed by atoms with Crippen molar-refractivity contribution in [2.75, 3.05) is 6.61 Å². The summed E-state index contributed by atoms with van der Waals surface area (Å²) in [6.07, 6.45) is 3.55. The van der Waals surface area contributed by atoms with Crippen molar-refractivity contribution in [3.63, 3.8) is 0 Å². The van der Waals surface area contributed by atoms with Crippen molar-refractivity contribution in [2.24, 2.45) is 0 Å². The Bertz CT molecular complexity index is 3330. The van der Waals surface area contributed by atoms with Crippen LogP contribution in [0.5, 0.6) is 0 Å². The van der Waals surface area contributed by atoms with Crippen LogP contribution in [0.15, 0.2) is 158 Å². The molecule has 0 radical (unpaired) electrons. The molecule has 11 rings (SSSR count). The molecule has 314 valence electrons. The van der Waals surface area contributed by atoms with E-state index in [0.717, 1.165) is 6.42 Å². The SMILES string of the molecule is C=CC1(CCCOC(=O)C(=C)C)c2cc(-c3ccc4ccc5cc(C(C)(C)C)cc6ccc3c4c56)ccc2-c2ccc(-c3ccc4ccc5cc(C(C)(C)C)cc6ccc3c4c56)cc21. The lowest BCUT2D eigenvalue weighted by molar-refractivity contribution is -0.139. The molecule has 1 aliphatic rings. The third-order valence-electron chi connectivity index (χ3n) is 14.5. The van der Waals surface area contributed by atoms with E-state index in [1.165, 1.54) is 120 Å². The monoisotopic (exact) mass is 830 g/mol. The van der Waals surface area contributed by atoms with Gasteiger partial charge in [-0.05, 0) is 163 Å². The van der Waals surface area contributed by atoms with E-state index in [-0.39, 0.29) is 16.8 Å². The number of hydrogen-bond acceptors (Lipinski definition) is 2. The number of hydrogen-bond donors (Lipinski definition) is 0. The van der Waals surface area contributed by atoms with Gasteiger partial charge in [0.25, 0.3) is 0 Å². The van der Waals surface area contributed by atoms with Crippen molar-refractivity contribution >= 4 is 70.6 Å². The highest BCUT2D eigenvalue weighted by atomic mass is 16.5. The van der Waals surface area contributed by atoms with E-state index < -0.39 is 5.41 Å². The molecule has 0 unspecified atom stereocenters. The fourth-order valence-corrected chi connectivity index (χ4v) is 11.0. The van der Waals surface area contributed by atoms with Gasteiger partial charge in [0.2, 0.25) is 0 Å². The van der Waals surface area contributed by atoms with Crippen molar-refractivity contribution in [1.29, 1.82) is 0 Å². The number of esters is 1. The Balaban J connectivity index is 1.07. The second kappa shape index (κ2) is 14.1. The van der Waals surface area contributed by atoms with Gasteiger partial charge in [0.1, 0.15) is 0 Å². The third kappa shape index (κ3) is 6.02. The molecule has 0 spiro atoms. The molecule has 10 aromatic carbocycles. The summed E-state index contributed by atoms with van der Waals surface area (Å²) in [6.45, 7) is 24.2. The smallest absolute Gasteiger partial charge is 0.333 e. The van der Waals surface area contributed by atoms with Crippen molar-refractivity contribution in [1.82, 2.24) is 0 Å². The van der Waals surface area contributed by atoms with Crippen molar-refractivity contribution < 1.29 is 9.53 Å². The van der Waals surface area contributed by atoms with Gasteiger partial charge in [0.15, 0.2) is 0 Å². The van der Waals surface area contributed by atoms with Crippen LogP contribution < -0.4 is 0 Å². The van der Waals surface area contributed by atoms with E-state index >= 15 is 0 Å². The maximum absolute atomic E-state index is 12.5. The average molecular weight is 831 g/mol. The van der Waals surface area contributed by atoms with E-state index in [4.69, 9.17) is 4.74 Å². The molecule has 0 amide bonds. The summed E-state index contributed by atoms with van der Waals surface area (Å²) < 4.78 is 5.70. The summed E-state index contributed by atoms with van der Waals surface area (Å²) in [5.41, 5.74) is 12.4. The Labute approximate surface area is 376 Å². The first-order chi connectivity index (χ1) is 30.6. The lowest BCUT2D eigenvalue weighted by atomic mass is 9.73. The molecule has 2 nitrogen and oxygen atoms in total. The normalized spacial score (nSPS) is 13.7. The van der Waals surface area contributed by atoms with Crippen LogP contribution in [-0.2, 0) is 25.8 Å². The number of allylic oxidation sites excluding steroid dienone is 1. The Morgan fingerprint density at radius 1 is 0.531 bits per heavy atom. The minimum atomic E-state index is -0.521. The van der Waals surface area contributed by atoms with Gasteiger partial charge in [-0.15, -0.1) is 6.58 Å². The molecule has 1 aliphatic carbocycles. The van der Waals surface area contributed by atoms with Crippen LogP contribution >= 0.6 is 0 Å². The summed E-state index contributed by atoms with van der Waals surface area (Å²) in [4.78, 5) is 12.5. The summed E-state index contributed by atoms with van der Waals surface area (Å²) >= 11 is 0. The van der Waals surface area contributed by atoms with Crippen LogP contribution in [0.3, 0.4) is 0 Å². The largest absolute Gasteiger partial charge is 0.462 e. The van der Waals surface area contributed by atoms with E-state index in [1.807, 2.05) is 0 Å². The van der Waals surface area contributed by atoms with Gasteiger partial charge >= 0.3 is 5.97 Å². The van der Waals surface area contributed by atoms with Crippen LogP contribution in [0, 0.1) is 0 Å². The first-order valence-electron chi connectivity index (χ1n) is 22.9. The summed E-state index contributed by atoms with van der Waals surface area (Å²) in [6, 6.07) is 51.2. The van der Waals surface area contributed by atoms with Crippen LogP contribution in [0.2, 0.25) is 0 Å². The molecule has 0 saturated heterocycles. The van der Waals surface area contributed by atoms with Crippen LogP contribution in [-0.4, -0.2) is 12.6 Å². The van der Waals surface area contributed by atoms with E-state index in [9.17, 15) is 4.79 Å². The molecule has 10 aromatic rings. The Morgan fingerprint density at radius 2 is 0.922 bits per heavy atom. The van der Waals surface area contributed by atoms with Gasteiger partial charge in [-0.1, -0.05) is 176 Å². The lowest BCUT2D eigenvalue weighted by Gasteiger charge is -2.29. The first-order valence-corrected chi connectivity index (χ1v) is 22.9. The molecule has 0 bridgehead atoms. The van der Waals surface area contributed by atoms with Crippen LogP contribution in [0.25, 0.3) is 98.0 Å². The minimum absolute atomic E-state index is 0.0565. The summed E-state index contributed by atoms with van der Waals surface area (Å²) in [5, 5.41) is 15.5. The molecule has 64 heavy (non-hydrogen) atoms. The van der Waals surface area contributed by atoms with Gasteiger partial charge in [0.05, 0.1) is 6.61 Å². The highest BCUT2D eigenvalue weighted by molar-refractivity contribution is 6.27. The van der Waals surface area contributed by atoms with E-state index in [1.54, 1.807) is 6.92 Å². The number of carbonyl (C=O) groups excluding carboxylic acids is 1. The van der Waals surface area contributed by atoms with Gasteiger partial charge in [0, 0.05) is 11.0 Å². The molecular formula is C62H54O2. The van der Waals surface area contributed by atoms with Crippen LogP contribution in [0.4, 0.5) is 0 Å². The zero-order valence-electron chi connectivity index (χ0n) is 38.1. The fourth-order valence-electron chi connectivity index (χ4n) is 11.0. The van der Waals surface area contributed by atoms with Gasteiger partial charge in [-0.3, -0.25) is 0 Å². The molecule has 0 heterocycles. The molecule has 0 aromatic heterocycles. The molecule has 0 N–H and O–H groups in total. The predicted molar refractivity (Wildman–Crippen MR) is 274 cm³/mol. The van der Waals surface area contributed by atoms with Crippen molar-refractivity contribution in [2.45, 2.75) is 77.6 Å². The van der Waals surface area contributed by atoms with Crippen molar-refractivity contribution in [3.05, 3.63) is 181 Å². The second-order valence-corrected chi connectivity index (χ2v) is 20.6. The van der Waals surface area contributed by atoms with Gasteiger partial charge in [-0.2, -0.15) is 0 Å². The zero-order valence-corrected chi connectivity index (χ0v) is 38.1. The Hall–Kier alpha value is -6.77. The number of rotatable bonds is 8. The summed E-state index contributed by atoms with van der Waals surface area (Å²) in [7, 11) is 0. The first kappa shape index (κ1) is 40.0. The molecule has 2 heteroatoms. The topological polar surface area (TPSA) is 26.3 Å². The highest BCUT2D eigenvalue weighted by Crippen LogP contribution is 2.55. The molecule has 0 atom stereocenters. The Kier molecular flexibility index (Phi) is 8.83. The maximum Gasteiger partial charge on any atom is 0.333 e. The number of fused-ring (bicyclic) bond motifs is 3. The Morgan fingerprint density at radius 3 is 1.33 bits per heavy atom. The molecule has 0 saturated carbocycles. The van der Waals surface area contributed by atoms with E-state index in [2.05, 4.69) is 194 Å². The molecule has 0 aliphatic heterocycles. The standard InChI is InChI=1S/C62H54O2/c1-10-62(28-11-29-64-59(63)36(2)3)53-34-39(47-22-16-37-12-14-41-30-45(60(4,5)6)32-43-20-26-51(47)57(37)55(41)43)18-24-49(53)50-25-19-40(35-54(50)62)48-23-17-38-13-15-42-31-46(61(7,8)9)33-44-21-27-52(48)58(38)56(42)44/h10,12-27,30-35H,1-2,11,28-29H2,3-9H3. The second-order valence-electron chi connectivity index (χ2n) is 20.6. The average Bonchev–Trinajstić information content (AvgIpc) is 3.55. The maximum atomic E-state index is 12.5. The fraction of sp³-hybridized carbons (Fsp3) is 0.210. The molecular weight excluding hydrogens is 777 g/mol. The van der Waals surface area contributed by atoms with Gasteiger partial charge in [-0.25, -0.2) is 4.79 Å². The summed E-state index contributed by atoms with van der Waals surface area (Å²) in [5.74, 6) is -0.350. The quantitative estimate of drug-likeness (QED) is 0.0501. The highest BCUT2D eigenvalue weighted by Gasteiger charge is 2.41. The predicted octanol–water partition coefficient (Wildman–Crippen LogP) is 16.8. The van der Waals surface area contributed by atoms with E-state index in [0.29, 0.717) is 18.6 Å². The minimum Gasteiger partial charge on any atom is -0.462 e. The number of carbonyl (C=O) groups is 1. The lowest BCUT2D eigenvalue weighted by Crippen LogP contribution is -2.23. The van der Waals surface area contributed by atoms with Gasteiger partial charge < -0.3 is 4.74 Å². The zero-order chi connectivity index (χ0) is 44.4. The van der Waals surface area contributed by atoms with Crippen LogP contribution in [0.1, 0.15) is 83.6 Å². The third-order valence-corrected chi connectivity index (χ3v) is 14.5. The number of ether oxygens (including phenoxy) is 1. The van der Waals surface area contributed by atoms with Crippen molar-refractivity contribution in [3.8, 4) is 33.4 Å². The number of benzene rings is 10. The molecule has 0 fully saturated rings.